The second-order valence-corrected chi connectivity index (χ2v) is 20.0. The normalized spacial score (nSPS) is 40.0. The van der Waals surface area contributed by atoms with Crippen molar-refractivity contribution in [2.75, 3.05) is 6.54 Å². The minimum Gasteiger partial charge on any atom is -0.462 e. The smallest absolute Gasteiger partial charge is 0.312 e. The number of nitrogens with two attached hydrogens (primary N) is 1. The summed E-state index contributed by atoms with van der Waals surface area (Å²) in [6.07, 6.45) is 7.46. The van der Waals surface area contributed by atoms with Crippen molar-refractivity contribution in [1.82, 2.24) is 0 Å². The third-order valence-corrected chi connectivity index (χ3v) is 15.1. The number of ketones is 1. The summed E-state index contributed by atoms with van der Waals surface area (Å²) in [5, 5.41) is 11.4. The van der Waals surface area contributed by atoms with E-state index in [1.807, 2.05) is 20.8 Å². The van der Waals surface area contributed by atoms with Gasteiger partial charge in [-0.2, -0.15) is 0 Å². The topological polar surface area (TPSA) is 116 Å². The molecule has 0 amide bonds. The Morgan fingerprint density at radius 3 is 2.12 bits per heavy atom. The molecule has 0 bridgehead atoms. The van der Waals surface area contributed by atoms with E-state index in [0.717, 1.165) is 56.9 Å². The van der Waals surface area contributed by atoms with Crippen molar-refractivity contribution in [1.29, 1.82) is 0 Å². The van der Waals surface area contributed by atoms with Crippen LogP contribution in [0.15, 0.2) is 11.1 Å². The van der Waals surface area contributed by atoms with Gasteiger partial charge < -0.3 is 20.3 Å². The second kappa shape index (κ2) is 11.9. The van der Waals surface area contributed by atoms with E-state index in [0.29, 0.717) is 18.3 Å². The van der Waals surface area contributed by atoms with Gasteiger partial charge in [0, 0.05) is 23.8 Å². The van der Waals surface area contributed by atoms with Gasteiger partial charge in [0.2, 0.25) is 0 Å². The maximum absolute atomic E-state index is 13.7. The van der Waals surface area contributed by atoms with E-state index in [4.69, 9.17) is 15.2 Å². The van der Waals surface area contributed by atoms with Crippen LogP contribution in [0, 0.1) is 56.2 Å². The number of carbonyl (C=O) groups excluding carboxylic acids is 3. The molecule has 0 heterocycles. The minimum atomic E-state index is -0.967. The monoisotopic (exact) mass is 669 g/mol. The third kappa shape index (κ3) is 5.54. The van der Waals surface area contributed by atoms with Gasteiger partial charge in [0.25, 0.3) is 0 Å². The van der Waals surface area contributed by atoms with Gasteiger partial charge in [0.1, 0.15) is 11.7 Å². The zero-order chi connectivity index (χ0) is 36.0. The molecule has 7 heteroatoms. The summed E-state index contributed by atoms with van der Waals surface area (Å²) in [4.78, 5) is 39.9. The number of Topliss-reactive ketones (excluding diaryl/α,β-unsaturated/α-hetero) is 1. The first kappa shape index (κ1) is 37.5. The van der Waals surface area contributed by atoms with E-state index >= 15 is 0 Å². The van der Waals surface area contributed by atoms with Crippen molar-refractivity contribution in [3.8, 4) is 0 Å². The fourth-order valence-corrected chi connectivity index (χ4v) is 12.6. The average molecular weight is 670 g/mol. The number of carbonyl (C=O) groups is 3. The quantitative estimate of drug-likeness (QED) is 0.264. The fourth-order valence-electron chi connectivity index (χ4n) is 12.6. The number of rotatable bonds is 7. The number of aliphatic hydroxyl groups is 1. The molecule has 4 saturated carbocycles. The number of hydrogen-bond acceptors (Lipinski definition) is 7. The Hall–Kier alpha value is -1.73. The Balaban J connectivity index is 1.40. The summed E-state index contributed by atoms with van der Waals surface area (Å²) in [7, 11) is 0. The van der Waals surface area contributed by atoms with Crippen LogP contribution in [0.2, 0.25) is 0 Å². The molecular weight excluding hydrogens is 602 g/mol. The van der Waals surface area contributed by atoms with E-state index in [-0.39, 0.29) is 70.3 Å². The van der Waals surface area contributed by atoms with E-state index in [1.165, 1.54) is 5.57 Å². The van der Waals surface area contributed by atoms with Crippen LogP contribution in [0.5, 0.6) is 0 Å². The van der Waals surface area contributed by atoms with Crippen LogP contribution in [0.1, 0.15) is 147 Å². The molecular formula is C41H67NO6. The Bertz CT molecular complexity index is 1350. The molecule has 0 aromatic carbocycles. The maximum atomic E-state index is 13.7. The number of hydrogen-bond donors (Lipinski definition) is 2. The van der Waals surface area contributed by atoms with Crippen LogP contribution in [0.25, 0.3) is 0 Å². The molecule has 3 N–H and O–H groups in total. The van der Waals surface area contributed by atoms with Gasteiger partial charge in [-0.25, -0.2) is 0 Å². The lowest BCUT2D eigenvalue weighted by molar-refractivity contribution is -0.235. The molecule has 0 radical (unpaired) electrons. The van der Waals surface area contributed by atoms with Gasteiger partial charge in [0.05, 0.1) is 17.9 Å². The highest BCUT2D eigenvalue weighted by molar-refractivity contribution is 6.00. The fraction of sp³-hybridized carbons (Fsp3) is 0.878. The molecule has 5 rings (SSSR count). The molecule has 48 heavy (non-hydrogen) atoms. The lowest BCUT2D eigenvalue weighted by Crippen LogP contribution is -2.66. The molecule has 9 atom stereocenters. The van der Waals surface area contributed by atoms with Gasteiger partial charge in [0.15, 0.2) is 5.78 Å². The average Bonchev–Trinajstić information content (AvgIpc) is 3.26. The number of allylic oxidation sites excluding steroid dienone is 1. The van der Waals surface area contributed by atoms with Crippen LogP contribution >= 0.6 is 0 Å². The third-order valence-electron chi connectivity index (χ3n) is 15.1. The standard InChI is InChI=1S/C41H67NO6/c1-24(2)32-26(43)21-41(29(44)23-42)20-19-39(11)25(33(32)41)13-14-28-38(10)17-16-30(37(8,9)27(38)15-18-40(28,39)12)47-31(45)22-36(6,7)34(46)48-35(3,4)5/h24-25,27-30,44H,13-23,42H2,1-12H3/t25-,27+,28-,29+,30+,38+,39-,40-,41+/m1/s1. The predicted octanol–water partition coefficient (Wildman–Crippen LogP) is 7.96. The summed E-state index contributed by atoms with van der Waals surface area (Å²) in [5.41, 5.74) is 6.28. The van der Waals surface area contributed by atoms with Gasteiger partial charge in [-0.15, -0.1) is 0 Å². The van der Waals surface area contributed by atoms with Gasteiger partial charge in [-0.1, -0.05) is 54.0 Å². The highest BCUT2D eigenvalue weighted by Crippen LogP contribution is 2.77. The van der Waals surface area contributed by atoms with Gasteiger partial charge in [-0.05, 0) is 131 Å². The van der Waals surface area contributed by atoms with Crippen molar-refractivity contribution in [2.45, 2.75) is 165 Å². The van der Waals surface area contributed by atoms with Crippen LogP contribution in [0.4, 0.5) is 0 Å². The molecule has 0 aliphatic heterocycles. The molecule has 0 unspecified atom stereocenters. The van der Waals surface area contributed by atoms with E-state index in [9.17, 15) is 19.5 Å². The summed E-state index contributed by atoms with van der Waals surface area (Å²) in [5.74, 6) is 0.836. The molecule has 0 aromatic heterocycles. The summed E-state index contributed by atoms with van der Waals surface area (Å²) in [6.45, 7) is 25.7. The van der Waals surface area contributed by atoms with Crippen LogP contribution in [-0.2, 0) is 23.9 Å². The number of aliphatic hydroxyl groups excluding tert-OH is 1. The first-order chi connectivity index (χ1) is 21.9. The summed E-state index contributed by atoms with van der Waals surface area (Å²) < 4.78 is 11.9. The number of ether oxygens (including phenoxy) is 2. The molecule has 0 spiro atoms. The molecule has 4 fully saturated rings. The maximum Gasteiger partial charge on any atom is 0.312 e. The van der Waals surface area contributed by atoms with Crippen molar-refractivity contribution in [2.24, 2.45) is 61.9 Å². The largest absolute Gasteiger partial charge is 0.462 e. The van der Waals surface area contributed by atoms with Crippen molar-refractivity contribution < 1.29 is 29.0 Å². The van der Waals surface area contributed by atoms with E-state index < -0.39 is 22.5 Å². The highest BCUT2D eigenvalue weighted by atomic mass is 16.6. The van der Waals surface area contributed by atoms with Crippen LogP contribution in [0.3, 0.4) is 0 Å². The molecule has 7 nitrogen and oxygen atoms in total. The Morgan fingerprint density at radius 1 is 0.896 bits per heavy atom. The minimum absolute atomic E-state index is 0.00602. The first-order valence-corrected chi connectivity index (χ1v) is 19.0. The molecule has 0 aromatic rings. The van der Waals surface area contributed by atoms with Gasteiger partial charge >= 0.3 is 11.9 Å². The van der Waals surface area contributed by atoms with Crippen molar-refractivity contribution >= 4 is 17.7 Å². The Kier molecular flexibility index (Phi) is 9.32. The zero-order valence-electron chi connectivity index (χ0n) is 32.3. The SMILES string of the molecule is CC(C)C1=C2[C@H]3CC[C@@H]4[C@@]5(C)CC[C@H](OC(=O)CC(C)(C)C(=O)OC(C)(C)C)C(C)(C)[C@@H]5CC[C@@]4(C)[C@]3(C)CC[C@@]2([C@@H](O)CN)CC1=O. The molecule has 5 aliphatic rings. The Morgan fingerprint density at radius 2 is 1.54 bits per heavy atom. The summed E-state index contributed by atoms with van der Waals surface area (Å²) in [6, 6.07) is 0. The van der Waals surface area contributed by atoms with Crippen molar-refractivity contribution in [3.63, 3.8) is 0 Å². The Labute approximate surface area is 290 Å². The molecule has 0 saturated heterocycles. The van der Waals surface area contributed by atoms with Gasteiger partial charge in [-0.3, -0.25) is 14.4 Å². The highest BCUT2D eigenvalue weighted by Gasteiger charge is 2.70. The van der Waals surface area contributed by atoms with E-state index in [2.05, 4.69) is 48.5 Å². The van der Waals surface area contributed by atoms with Crippen molar-refractivity contribution in [3.05, 3.63) is 11.1 Å². The zero-order valence-corrected chi connectivity index (χ0v) is 32.3. The predicted molar refractivity (Wildman–Crippen MR) is 189 cm³/mol. The number of fused-ring (bicyclic) bond motifs is 7. The van der Waals surface area contributed by atoms with Crippen LogP contribution in [-0.4, -0.2) is 47.2 Å². The lowest BCUT2D eigenvalue weighted by Gasteiger charge is -2.72. The number of esters is 2. The van der Waals surface area contributed by atoms with Crippen LogP contribution < -0.4 is 5.73 Å². The second-order valence-electron chi connectivity index (χ2n) is 20.0. The first-order valence-electron chi connectivity index (χ1n) is 19.0. The lowest BCUT2D eigenvalue weighted by atomic mass is 9.33. The van der Waals surface area contributed by atoms with E-state index in [1.54, 1.807) is 13.8 Å². The molecule has 5 aliphatic carbocycles. The summed E-state index contributed by atoms with van der Waals surface area (Å²) >= 11 is 0. The molecule has 272 valence electrons.